The minimum Gasteiger partial charge on any atom is -0.493 e. The fraction of sp³-hybridized carbons (Fsp3) is 0.176. The van der Waals surface area contributed by atoms with Crippen molar-refractivity contribution in [3.8, 4) is 5.75 Å². The number of hydrogen-bond acceptors (Lipinski definition) is 3. The molecule has 1 unspecified atom stereocenters. The second-order valence-electron chi connectivity index (χ2n) is 5.10. The number of thiophene rings is 1. The zero-order chi connectivity index (χ0) is 13.5. The molecule has 3 aromatic rings. The van der Waals surface area contributed by atoms with Crippen molar-refractivity contribution in [2.45, 2.75) is 12.5 Å². The zero-order valence-electron chi connectivity index (χ0n) is 11.0. The summed E-state index contributed by atoms with van der Waals surface area (Å²) in [5.41, 5.74) is 10.1. The summed E-state index contributed by atoms with van der Waals surface area (Å²) in [6, 6.07) is 14.6. The number of benzene rings is 2. The van der Waals surface area contributed by atoms with Crippen molar-refractivity contribution in [3.63, 3.8) is 0 Å². The molecule has 0 amide bonds. The van der Waals surface area contributed by atoms with Crippen LogP contribution in [0.2, 0.25) is 0 Å². The van der Waals surface area contributed by atoms with E-state index in [2.05, 4.69) is 47.8 Å². The largest absolute Gasteiger partial charge is 0.493 e. The highest BCUT2D eigenvalue weighted by molar-refractivity contribution is 7.17. The van der Waals surface area contributed by atoms with E-state index in [-0.39, 0.29) is 6.04 Å². The predicted molar refractivity (Wildman–Crippen MR) is 83.5 cm³/mol. The molecule has 1 aliphatic heterocycles. The molecule has 0 fully saturated rings. The Balaban J connectivity index is 1.85. The van der Waals surface area contributed by atoms with Gasteiger partial charge in [-0.15, -0.1) is 11.3 Å². The molecular formula is C17H15NOS. The van der Waals surface area contributed by atoms with Crippen molar-refractivity contribution in [1.29, 1.82) is 0 Å². The smallest absolute Gasteiger partial charge is 0.127 e. The van der Waals surface area contributed by atoms with Crippen molar-refractivity contribution in [1.82, 2.24) is 0 Å². The lowest BCUT2D eigenvalue weighted by molar-refractivity contribution is 0.352. The van der Waals surface area contributed by atoms with Crippen LogP contribution in [-0.2, 0) is 6.42 Å². The van der Waals surface area contributed by atoms with Crippen LogP contribution >= 0.6 is 11.3 Å². The van der Waals surface area contributed by atoms with Gasteiger partial charge in [-0.3, -0.25) is 0 Å². The van der Waals surface area contributed by atoms with Crippen LogP contribution in [-0.4, -0.2) is 6.61 Å². The Bertz CT molecular complexity index is 778. The van der Waals surface area contributed by atoms with Crippen molar-refractivity contribution in [3.05, 3.63) is 64.5 Å². The first-order chi connectivity index (χ1) is 9.84. The molecule has 0 spiro atoms. The van der Waals surface area contributed by atoms with Gasteiger partial charge in [-0.1, -0.05) is 36.4 Å². The molecule has 0 saturated heterocycles. The summed E-state index contributed by atoms with van der Waals surface area (Å²) in [6.45, 7) is 0.767. The molecule has 2 nitrogen and oxygen atoms in total. The van der Waals surface area contributed by atoms with E-state index in [0.29, 0.717) is 0 Å². The third kappa shape index (κ3) is 1.74. The first-order valence-corrected chi connectivity index (χ1v) is 7.69. The molecule has 0 aliphatic carbocycles. The Labute approximate surface area is 121 Å². The normalized spacial score (nSPS) is 15.1. The van der Waals surface area contributed by atoms with E-state index >= 15 is 0 Å². The van der Waals surface area contributed by atoms with E-state index in [1.165, 1.54) is 21.2 Å². The van der Waals surface area contributed by atoms with E-state index in [1.54, 1.807) is 11.3 Å². The van der Waals surface area contributed by atoms with E-state index in [0.717, 1.165) is 24.3 Å². The summed E-state index contributed by atoms with van der Waals surface area (Å²) in [5, 5.41) is 3.42. The first kappa shape index (κ1) is 11.9. The van der Waals surface area contributed by atoms with Crippen LogP contribution in [0.4, 0.5) is 0 Å². The molecule has 1 aromatic heterocycles. The van der Waals surface area contributed by atoms with E-state index in [9.17, 15) is 0 Å². The van der Waals surface area contributed by atoms with Crippen LogP contribution in [0.5, 0.6) is 5.75 Å². The maximum absolute atomic E-state index is 6.53. The zero-order valence-corrected chi connectivity index (χ0v) is 11.8. The lowest BCUT2D eigenvalue weighted by Crippen LogP contribution is -2.12. The van der Waals surface area contributed by atoms with Crippen molar-refractivity contribution >= 4 is 21.4 Å². The molecule has 2 aromatic carbocycles. The fourth-order valence-electron chi connectivity index (χ4n) is 2.89. The number of nitrogens with two attached hydrogens (primary N) is 1. The number of ether oxygens (including phenoxy) is 1. The van der Waals surface area contributed by atoms with Crippen molar-refractivity contribution < 1.29 is 4.74 Å². The topological polar surface area (TPSA) is 35.2 Å². The lowest BCUT2D eigenvalue weighted by Gasteiger charge is -2.15. The molecule has 0 saturated carbocycles. The van der Waals surface area contributed by atoms with Gasteiger partial charge in [0.05, 0.1) is 12.6 Å². The second kappa shape index (κ2) is 4.62. The molecule has 1 aliphatic rings. The Kier molecular flexibility index (Phi) is 2.76. The molecular weight excluding hydrogens is 266 g/mol. The Hall–Kier alpha value is -1.84. The van der Waals surface area contributed by atoms with Gasteiger partial charge in [-0.2, -0.15) is 0 Å². The van der Waals surface area contributed by atoms with Gasteiger partial charge in [0.2, 0.25) is 0 Å². The summed E-state index contributed by atoms with van der Waals surface area (Å²) in [4.78, 5) is 0. The number of hydrogen-bond donors (Lipinski definition) is 1. The minimum absolute atomic E-state index is 0.126. The monoisotopic (exact) mass is 281 g/mol. The SMILES string of the molecule is NC(c1cccc2c1OCC2)c1csc2ccccc12. The summed E-state index contributed by atoms with van der Waals surface area (Å²) >= 11 is 1.75. The van der Waals surface area contributed by atoms with Crippen LogP contribution in [0.15, 0.2) is 47.8 Å². The molecule has 0 radical (unpaired) electrons. The standard InChI is InChI=1S/C17H15NOS/c18-16(13-6-3-4-11-8-9-19-17(11)13)14-10-20-15-7-2-1-5-12(14)15/h1-7,10,16H,8-9,18H2. The van der Waals surface area contributed by atoms with Crippen LogP contribution in [0.25, 0.3) is 10.1 Å². The molecule has 1 atom stereocenters. The molecule has 4 rings (SSSR count). The Morgan fingerprint density at radius 1 is 1.05 bits per heavy atom. The summed E-state index contributed by atoms with van der Waals surface area (Å²) in [7, 11) is 0. The third-order valence-electron chi connectivity index (χ3n) is 3.93. The minimum atomic E-state index is -0.126. The number of fused-ring (bicyclic) bond motifs is 2. The molecule has 2 heterocycles. The number of rotatable bonds is 2. The third-order valence-corrected chi connectivity index (χ3v) is 4.91. The highest BCUT2D eigenvalue weighted by atomic mass is 32.1. The molecule has 2 N–H and O–H groups in total. The summed E-state index contributed by atoms with van der Waals surface area (Å²) < 4.78 is 7.07. The van der Waals surface area contributed by atoms with Crippen LogP contribution in [0, 0.1) is 0 Å². The van der Waals surface area contributed by atoms with Crippen LogP contribution < -0.4 is 10.5 Å². The van der Waals surface area contributed by atoms with Crippen molar-refractivity contribution in [2.75, 3.05) is 6.61 Å². The summed E-state index contributed by atoms with van der Waals surface area (Å²) in [6.07, 6.45) is 0.986. The maximum atomic E-state index is 6.53. The van der Waals surface area contributed by atoms with E-state index in [4.69, 9.17) is 10.5 Å². The molecule has 100 valence electrons. The van der Waals surface area contributed by atoms with Crippen LogP contribution in [0.1, 0.15) is 22.7 Å². The van der Waals surface area contributed by atoms with Gasteiger partial charge in [-0.25, -0.2) is 0 Å². The van der Waals surface area contributed by atoms with Gasteiger partial charge in [0.15, 0.2) is 0 Å². The van der Waals surface area contributed by atoms with Gasteiger partial charge < -0.3 is 10.5 Å². The second-order valence-corrected chi connectivity index (χ2v) is 6.01. The molecule has 20 heavy (non-hydrogen) atoms. The molecule has 3 heteroatoms. The van der Waals surface area contributed by atoms with Gasteiger partial charge in [0.1, 0.15) is 5.75 Å². The van der Waals surface area contributed by atoms with E-state index in [1.807, 2.05) is 0 Å². The highest BCUT2D eigenvalue weighted by Crippen LogP contribution is 2.38. The average molecular weight is 281 g/mol. The van der Waals surface area contributed by atoms with Gasteiger partial charge in [0.25, 0.3) is 0 Å². The van der Waals surface area contributed by atoms with E-state index < -0.39 is 0 Å². The highest BCUT2D eigenvalue weighted by Gasteiger charge is 2.22. The Morgan fingerprint density at radius 3 is 2.90 bits per heavy atom. The lowest BCUT2D eigenvalue weighted by atomic mass is 9.96. The first-order valence-electron chi connectivity index (χ1n) is 6.81. The van der Waals surface area contributed by atoms with Gasteiger partial charge >= 0.3 is 0 Å². The maximum Gasteiger partial charge on any atom is 0.127 e. The summed E-state index contributed by atoms with van der Waals surface area (Å²) in [5.74, 6) is 0.996. The predicted octanol–water partition coefficient (Wildman–Crippen LogP) is 3.88. The van der Waals surface area contributed by atoms with Crippen molar-refractivity contribution in [2.24, 2.45) is 5.73 Å². The quantitative estimate of drug-likeness (QED) is 0.773. The Morgan fingerprint density at radius 2 is 1.95 bits per heavy atom. The van der Waals surface area contributed by atoms with Gasteiger partial charge in [0, 0.05) is 16.7 Å². The average Bonchev–Trinajstić information content (AvgIpc) is 3.12. The van der Waals surface area contributed by atoms with Gasteiger partial charge in [-0.05, 0) is 28.0 Å². The number of para-hydroxylation sites is 1. The fourth-order valence-corrected chi connectivity index (χ4v) is 3.89. The molecule has 0 bridgehead atoms. The van der Waals surface area contributed by atoms with Crippen LogP contribution in [0.3, 0.4) is 0 Å².